The molecular weight excluding hydrogens is 220 g/mol. The maximum atomic E-state index is 11.2. The van der Waals surface area contributed by atoms with Gasteiger partial charge in [0, 0.05) is 5.41 Å². The summed E-state index contributed by atoms with van der Waals surface area (Å²) in [4.78, 5) is 11.2. The summed E-state index contributed by atoms with van der Waals surface area (Å²) in [5.41, 5.74) is -0.296. The Balaban J connectivity index is 2.37. The molecule has 0 atom stereocenters. The van der Waals surface area contributed by atoms with Gasteiger partial charge < -0.3 is 4.74 Å². The third-order valence-electron chi connectivity index (χ3n) is 2.36. The fourth-order valence-corrected chi connectivity index (χ4v) is 1.76. The van der Waals surface area contributed by atoms with Crippen LogP contribution in [-0.2, 0) is 23.8 Å². The maximum absolute atomic E-state index is 11.2. The highest BCUT2D eigenvalue weighted by molar-refractivity contribution is 7.85. The minimum absolute atomic E-state index is 0.0879. The second-order valence-electron chi connectivity index (χ2n) is 3.95. The standard InChI is InChI=1S/C9H16O5S/c1-3-13-8(10)6-9(4-5-9)7-14-15(2,11)12/h3-7H2,1-2H3. The van der Waals surface area contributed by atoms with Gasteiger partial charge in [0.25, 0.3) is 10.1 Å². The number of carbonyl (C=O) groups is 1. The van der Waals surface area contributed by atoms with Crippen molar-refractivity contribution in [3.8, 4) is 0 Å². The van der Waals surface area contributed by atoms with E-state index >= 15 is 0 Å². The third-order valence-corrected chi connectivity index (χ3v) is 2.91. The minimum Gasteiger partial charge on any atom is -0.466 e. The van der Waals surface area contributed by atoms with E-state index in [1.54, 1.807) is 6.92 Å². The summed E-state index contributed by atoms with van der Waals surface area (Å²) >= 11 is 0. The van der Waals surface area contributed by atoms with Crippen LogP contribution in [0.5, 0.6) is 0 Å². The Labute approximate surface area is 89.9 Å². The molecule has 0 spiro atoms. The Hall–Kier alpha value is -0.620. The van der Waals surface area contributed by atoms with Crippen LogP contribution in [0.2, 0.25) is 0 Å². The lowest BCUT2D eigenvalue weighted by Crippen LogP contribution is -2.19. The van der Waals surface area contributed by atoms with Crippen molar-refractivity contribution in [3.05, 3.63) is 0 Å². The van der Waals surface area contributed by atoms with E-state index in [-0.39, 0.29) is 24.4 Å². The van der Waals surface area contributed by atoms with Crippen LogP contribution < -0.4 is 0 Å². The van der Waals surface area contributed by atoms with Gasteiger partial charge in [-0.15, -0.1) is 0 Å². The van der Waals surface area contributed by atoms with Gasteiger partial charge in [-0.25, -0.2) is 0 Å². The molecule has 0 aromatic rings. The normalized spacial score (nSPS) is 18.5. The molecule has 0 heterocycles. The predicted molar refractivity (Wildman–Crippen MR) is 53.7 cm³/mol. The van der Waals surface area contributed by atoms with Gasteiger partial charge in [0.1, 0.15) is 0 Å². The molecule has 88 valence electrons. The van der Waals surface area contributed by atoms with Gasteiger partial charge in [0.2, 0.25) is 0 Å². The monoisotopic (exact) mass is 236 g/mol. The molecule has 0 amide bonds. The molecule has 0 aromatic carbocycles. The fourth-order valence-electron chi connectivity index (χ4n) is 1.30. The first-order chi connectivity index (χ1) is 6.87. The number of hydrogen-bond donors (Lipinski definition) is 0. The summed E-state index contributed by atoms with van der Waals surface area (Å²) in [6.07, 6.45) is 2.90. The van der Waals surface area contributed by atoms with Gasteiger partial charge in [-0.3, -0.25) is 8.98 Å². The molecule has 1 fully saturated rings. The largest absolute Gasteiger partial charge is 0.466 e. The van der Waals surface area contributed by atoms with E-state index in [1.807, 2.05) is 0 Å². The Kier molecular flexibility index (Phi) is 3.72. The van der Waals surface area contributed by atoms with Crippen molar-refractivity contribution < 1.29 is 22.1 Å². The first-order valence-corrected chi connectivity index (χ1v) is 6.69. The molecule has 0 aromatic heterocycles. The molecule has 5 nitrogen and oxygen atoms in total. The van der Waals surface area contributed by atoms with Crippen LogP contribution in [0, 0.1) is 5.41 Å². The lowest BCUT2D eigenvalue weighted by molar-refractivity contribution is -0.144. The first-order valence-electron chi connectivity index (χ1n) is 4.87. The highest BCUT2D eigenvalue weighted by atomic mass is 32.2. The summed E-state index contributed by atoms with van der Waals surface area (Å²) in [6, 6.07) is 0. The Bertz CT molecular complexity index is 328. The third kappa shape index (κ3) is 4.61. The first kappa shape index (κ1) is 12.4. The summed E-state index contributed by atoms with van der Waals surface area (Å²) in [5.74, 6) is -0.285. The minimum atomic E-state index is -3.42. The van der Waals surface area contributed by atoms with Crippen LogP contribution in [-0.4, -0.2) is 33.9 Å². The smallest absolute Gasteiger partial charge is 0.306 e. The topological polar surface area (TPSA) is 69.7 Å². The molecule has 15 heavy (non-hydrogen) atoms. The number of carbonyl (C=O) groups excluding carboxylic acids is 1. The van der Waals surface area contributed by atoms with Gasteiger partial charge >= 0.3 is 5.97 Å². The van der Waals surface area contributed by atoms with Gasteiger partial charge in [-0.1, -0.05) is 0 Å². The second kappa shape index (κ2) is 4.49. The van der Waals surface area contributed by atoms with Crippen molar-refractivity contribution in [3.63, 3.8) is 0 Å². The average Bonchev–Trinajstić information content (AvgIpc) is 2.81. The Morgan fingerprint density at radius 3 is 2.40 bits per heavy atom. The molecule has 1 aliphatic rings. The van der Waals surface area contributed by atoms with Gasteiger partial charge in [0.05, 0.1) is 25.9 Å². The van der Waals surface area contributed by atoms with Crippen molar-refractivity contribution in [2.75, 3.05) is 19.5 Å². The fraction of sp³-hybridized carbons (Fsp3) is 0.889. The zero-order valence-electron chi connectivity index (χ0n) is 8.99. The molecule has 0 bridgehead atoms. The zero-order valence-corrected chi connectivity index (χ0v) is 9.80. The molecular formula is C9H16O5S. The van der Waals surface area contributed by atoms with E-state index in [0.717, 1.165) is 19.1 Å². The van der Waals surface area contributed by atoms with Gasteiger partial charge in [0.15, 0.2) is 0 Å². The van der Waals surface area contributed by atoms with Gasteiger partial charge in [-0.2, -0.15) is 8.42 Å². The lowest BCUT2D eigenvalue weighted by atomic mass is 10.0. The number of ether oxygens (including phenoxy) is 1. The molecule has 0 N–H and O–H groups in total. The molecule has 1 saturated carbocycles. The molecule has 0 unspecified atom stereocenters. The van der Waals surface area contributed by atoms with Crippen LogP contribution in [0.15, 0.2) is 0 Å². The highest BCUT2D eigenvalue weighted by Crippen LogP contribution is 2.49. The van der Waals surface area contributed by atoms with E-state index in [4.69, 9.17) is 8.92 Å². The van der Waals surface area contributed by atoms with Crippen LogP contribution in [0.1, 0.15) is 26.2 Å². The lowest BCUT2D eigenvalue weighted by Gasteiger charge is -2.12. The predicted octanol–water partition coefficient (Wildman–Crippen LogP) is 0.696. The van der Waals surface area contributed by atoms with Crippen molar-refractivity contribution in [2.24, 2.45) is 5.41 Å². The number of hydrogen-bond acceptors (Lipinski definition) is 5. The Morgan fingerprint density at radius 1 is 1.40 bits per heavy atom. The van der Waals surface area contributed by atoms with Crippen LogP contribution in [0.25, 0.3) is 0 Å². The summed E-state index contributed by atoms with van der Waals surface area (Å²) in [6.45, 7) is 2.18. The average molecular weight is 236 g/mol. The van der Waals surface area contributed by atoms with Gasteiger partial charge in [-0.05, 0) is 19.8 Å². The second-order valence-corrected chi connectivity index (χ2v) is 5.59. The zero-order chi connectivity index (χ0) is 11.5. The number of esters is 1. The summed E-state index contributed by atoms with van der Waals surface area (Å²) in [7, 11) is -3.42. The Morgan fingerprint density at radius 2 is 2.00 bits per heavy atom. The summed E-state index contributed by atoms with van der Waals surface area (Å²) in [5, 5.41) is 0. The highest BCUT2D eigenvalue weighted by Gasteiger charge is 2.45. The number of rotatable bonds is 6. The maximum Gasteiger partial charge on any atom is 0.306 e. The molecule has 1 rings (SSSR count). The van der Waals surface area contributed by atoms with Crippen molar-refractivity contribution in [2.45, 2.75) is 26.2 Å². The van der Waals surface area contributed by atoms with Crippen molar-refractivity contribution in [1.29, 1.82) is 0 Å². The van der Waals surface area contributed by atoms with E-state index in [9.17, 15) is 13.2 Å². The van der Waals surface area contributed by atoms with Crippen LogP contribution in [0.3, 0.4) is 0 Å². The molecule has 0 aliphatic heterocycles. The molecule has 6 heteroatoms. The quantitative estimate of drug-likeness (QED) is 0.501. The van der Waals surface area contributed by atoms with E-state index in [1.165, 1.54) is 0 Å². The van der Waals surface area contributed by atoms with E-state index < -0.39 is 10.1 Å². The molecule has 1 aliphatic carbocycles. The summed E-state index contributed by atoms with van der Waals surface area (Å²) < 4.78 is 31.1. The van der Waals surface area contributed by atoms with E-state index in [0.29, 0.717) is 6.61 Å². The van der Waals surface area contributed by atoms with Crippen molar-refractivity contribution in [1.82, 2.24) is 0 Å². The SMILES string of the molecule is CCOC(=O)CC1(COS(C)(=O)=O)CC1. The molecule has 0 radical (unpaired) electrons. The van der Waals surface area contributed by atoms with Crippen molar-refractivity contribution >= 4 is 16.1 Å². The van der Waals surface area contributed by atoms with Crippen LogP contribution >= 0.6 is 0 Å². The van der Waals surface area contributed by atoms with Crippen LogP contribution in [0.4, 0.5) is 0 Å². The van der Waals surface area contributed by atoms with E-state index in [2.05, 4.69) is 0 Å². The molecule has 0 saturated heterocycles.